The normalized spacial score (nSPS) is 11.5. The zero-order chi connectivity index (χ0) is 16.6. The van der Waals surface area contributed by atoms with Crippen LogP contribution < -0.4 is 5.56 Å². The fraction of sp³-hybridized carbons (Fsp3) is 0.188. The molecular weight excluding hydrogens is 297 g/mol. The Morgan fingerprint density at radius 1 is 1.17 bits per heavy atom. The van der Waals surface area contributed by atoms with E-state index >= 15 is 0 Å². The summed E-state index contributed by atoms with van der Waals surface area (Å²) in [6.07, 6.45) is 1.53. The van der Waals surface area contributed by atoms with Crippen molar-refractivity contribution in [1.29, 1.82) is 0 Å². The van der Waals surface area contributed by atoms with E-state index in [0.717, 1.165) is 17.1 Å². The summed E-state index contributed by atoms with van der Waals surface area (Å²) in [6, 6.07) is 5.70. The summed E-state index contributed by atoms with van der Waals surface area (Å²) in [5.41, 5.74) is 3.79. The highest BCUT2D eigenvalue weighted by atomic mass is 19.1. The van der Waals surface area contributed by atoms with Crippen LogP contribution in [0.1, 0.15) is 22.6 Å². The lowest BCUT2D eigenvalue weighted by Crippen LogP contribution is -2.17. The Balaban J connectivity index is 2.02. The highest BCUT2D eigenvalue weighted by Gasteiger charge is 2.11. The molecule has 0 unspecified atom stereocenters. The van der Waals surface area contributed by atoms with Crippen LogP contribution in [-0.4, -0.2) is 26.2 Å². The second kappa shape index (κ2) is 5.68. The molecule has 0 atom stereocenters. The lowest BCUT2D eigenvalue weighted by Gasteiger charge is -2.00. The summed E-state index contributed by atoms with van der Waals surface area (Å²) in [5.74, 6) is -0.349. The molecule has 0 saturated carbocycles. The van der Waals surface area contributed by atoms with Crippen molar-refractivity contribution in [2.24, 2.45) is 4.99 Å². The third-order valence-corrected chi connectivity index (χ3v) is 3.61. The number of aromatic nitrogens is 4. The number of aryl methyl sites for hydroxylation is 3. The van der Waals surface area contributed by atoms with Gasteiger partial charge in [0.1, 0.15) is 11.5 Å². The third kappa shape index (κ3) is 2.73. The van der Waals surface area contributed by atoms with Crippen LogP contribution in [0.4, 0.5) is 10.1 Å². The molecule has 2 heterocycles. The molecule has 0 aliphatic rings. The standard InChI is InChI=1S/C16H16FN5O/c1-9-14(8-18-15-10(2)19-20-11(15)3)16(23)22(21-9)13-6-4-12(17)5-7-13/h4-8,21H,1-3H3,(H,19,20). The first-order valence-corrected chi connectivity index (χ1v) is 7.10. The Morgan fingerprint density at radius 3 is 2.48 bits per heavy atom. The first kappa shape index (κ1) is 15.0. The molecule has 0 aliphatic heterocycles. The smallest absolute Gasteiger partial charge is 0.280 e. The second-order valence-corrected chi connectivity index (χ2v) is 5.31. The van der Waals surface area contributed by atoms with E-state index in [4.69, 9.17) is 0 Å². The average molecular weight is 313 g/mol. The van der Waals surface area contributed by atoms with Gasteiger partial charge in [-0.3, -0.25) is 20.0 Å². The van der Waals surface area contributed by atoms with Gasteiger partial charge < -0.3 is 0 Å². The maximum Gasteiger partial charge on any atom is 0.280 e. The van der Waals surface area contributed by atoms with Gasteiger partial charge in [-0.15, -0.1) is 0 Å². The van der Waals surface area contributed by atoms with E-state index in [1.165, 1.54) is 35.2 Å². The first-order valence-electron chi connectivity index (χ1n) is 7.10. The largest absolute Gasteiger partial charge is 0.295 e. The van der Waals surface area contributed by atoms with Gasteiger partial charge >= 0.3 is 0 Å². The molecule has 0 aliphatic carbocycles. The first-order chi connectivity index (χ1) is 11.0. The highest BCUT2D eigenvalue weighted by Crippen LogP contribution is 2.19. The number of aromatic amines is 2. The fourth-order valence-electron chi connectivity index (χ4n) is 2.35. The number of hydrogen-bond donors (Lipinski definition) is 2. The second-order valence-electron chi connectivity index (χ2n) is 5.31. The van der Waals surface area contributed by atoms with E-state index in [0.29, 0.717) is 16.9 Å². The maximum atomic E-state index is 13.0. The van der Waals surface area contributed by atoms with E-state index in [-0.39, 0.29) is 11.4 Å². The van der Waals surface area contributed by atoms with Gasteiger partial charge in [-0.2, -0.15) is 5.10 Å². The molecule has 2 N–H and O–H groups in total. The van der Waals surface area contributed by atoms with Gasteiger partial charge in [0.2, 0.25) is 0 Å². The number of halogens is 1. The van der Waals surface area contributed by atoms with Gasteiger partial charge in [-0.1, -0.05) is 0 Å². The number of benzene rings is 1. The Hall–Kier alpha value is -2.96. The summed E-state index contributed by atoms with van der Waals surface area (Å²) in [5, 5.41) is 9.89. The topological polar surface area (TPSA) is 78.8 Å². The molecule has 0 radical (unpaired) electrons. The number of nitrogens with zero attached hydrogens (tertiary/aromatic N) is 3. The van der Waals surface area contributed by atoms with Crippen molar-refractivity contribution in [2.75, 3.05) is 0 Å². The predicted octanol–water partition coefficient (Wildman–Crippen LogP) is 2.70. The van der Waals surface area contributed by atoms with Crippen LogP contribution in [0, 0.1) is 26.6 Å². The van der Waals surface area contributed by atoms with Crippen LogP contribution in [0.15, 0.2) is 34.1 Å². The maximum absolute atomic E-state index is 13.0. The molecule has 0 fully saturated rings. The molecule has 0 saturated heterocycles. The molecule has 118 valence electrons. The van der Waals surface area contributed by atoms with Crippen LogP contribution in [0.5, 0.6) is 0 Å². The minimum absolute atomic E-state index is 0.239. The molecule has 6 nitrogen and oxygen atoms in total. The van der Waals surface area contributed by atoms with Gasteiger partial charge in [-0.05, 0) is 45.0 Å². The third-order valence-electron chi connectivity index (χ3n) is 3.61. The summed E-state index contributed by atoms with van der Waals surface area (Å²) in [7, 11) is 0. The number of H-pyrrole nitrogens is 2. The van der Waals surface area contributed by atoms with Crippen LogP contribution in [0.2, 0.25) is 0 Å². The Kier molecular flexibility index (Phi) is 3.69. The average Bonchev–Trinajstić information content (AvgIpc) is 2.99. The Bertz CT molecular complexity index is 911. The summed E-state index contributed by atoms with van der Waals surface area (Å²) in [4.78, 5) is 16.9. The Morgan fingerprint density at radius 2 is 1.87 bits per heavy atom. The quantitative estimate of drug-likeness (QED) is 0.729. The van der Waals surface area contributed by atoms with E-state index in [2.05, 4.69) is 20.3 Å². The van der Waals surface area contributed by atoms with Crippen molar-refractivity contribution < 1.29 is 4.39 Å². The van der Waals surface area contributed by atoms with Crippen molar-refractivity contribution in [3.63, 3.8) is 0 Å². The SMILES string of the molecule is Cc1n[nH]c(C)c1N=Cc1c(C)[nH]n(-c2ccc(F)cc2)c1=O. The zero-order valence-corrected chi connectivity index (χ0v) is 13.0. The fourth-order valence-corrected chi connectivity index (χ4v) is 2.35. The molecule has 0 spiro atoms. The molecule has 7 heteroatoms. The molecular formula is C16H16FN5O. The monoisotopic (exact) mass is 313 g/mol. The minimum atomic E-state index is -0.349. The minimum Gasteiger partial charge on any atom is -0.295 e. The molecule has 0 bridgehead atoms. The molecule has 2 aromatic heterocycles. The van der Waals surface area contributed by atoms with Crippen molar-refractivity contribution in [1.82, 2.24) is 20.0 Å². The van der Waals surface area contributed by atoms with Gasteiger partial charge in [-0.25, -0.2) is 9.07 Å². The van der Waals surface area contributed by atoms with Crippen LogP contribution >= 0.6 is 0 Å². The van der Waals surface area contributed by atoms with Crippen molar-refractivity contribution in [2.45, 2.75) is 20.8 Å². The van der Waals surface area contributed by atoms with E-state index in [9.17, 15) is 9.18 Å². The highest BCUT2D eigenvalue weighted by molar-refractivity contribution is 5.83. The molecule has 0 amide bonds. The lowest BCUT2D eigenvalue weighted by atomic mass is 10.2. The number of nitrogens with one attached hydrogen (secondary N) is 2. The summed E-state index contributed by atoms with van der Waals surface area (Å²) >= 11 is 0. The van der Waals surface area contributed by atoms with E-state index in [1.54, 1.807) is 6.92 Å². The van der Waals surface area contributed by atoms with Gasteiger partial charge in [0, 0.05) is 11.9 Å². The zero-order valence-electron chi connectivity index (χ0n) is 13.0. The summed E-state index contributed by atoms with van der Waals surface area (Å²) in [6.45, 7) is 5.50. The van der Waals surface area contributed by atoms with Crippen LogP contribution in [0.3, 0.4) is 0 Å². The van der Waals surface area contributed by atoms with E-state index in [1.807, 2.05) is 13.8 Å². The number of hydrogen-bond acceptors (Lipinski definition) is 3. The number of rotatable bonds is 3. The summed E-state index contributed by atoms with van der Waals surface area (Å²) < 4.78 is 14.4. The predicted molar refractivity (Wildman–Crippen MR) is 86.4 cm³/mol. The van der Waals surface area contributed by atoms with Gasteiger partial charge in [0.15, 0.2) is 0 Å². The molecule has 23 heavy (non-hydrogen) atoms. The molecule has 3 aromatic rings. The van der Waals surface area contributed by atoms with Crippen LogP contribution in [-0.2, 0) is 0 Å². The van der Waals surface area contributed by atoms with Crippen molar-refractivity contribution in [3.8, 4) is 5.69 Å². The van der Waals surface area contributed by atoms with E-state index < -0.39 is 0 Å². The molecule has 3 rings (SSSR count). The number of aliphatic imine (C=N–C) groups is 1. The van der Waals surface area contributed by atoms with Gasteiger partial charge in [0.25, 0.3) is 5.56 Å². The van der Waals surface area contributed by atoms with Gasteiger partial charge in [0.05, 0.1) is 22.6 Å². The van der Waals surface area contributed by atoms with Crippen molar-refractivity contribution >= 4 is 11.9 Å². The molecule has 1 aromatic carbocycles. The van der Waals surface area contributed by atoms with Crippen molar-refractivity contribution in [3.05, 3.63) is 63.1 Å². The lowest BCUT2D eigenvalue weighted by molar-refractivity contribution is 0.627. The van der Waals surface area contributed by atoms with Crippen LogP contribution in [0.25, 0.3) is 5.69 Å². The Labute approximate surface area is 131 Å².